The summed E-state index contributed by atoms with van der Waals surface area (Å²) < 4.78 is 54.3. The molecule has 2 nitrogen and oxygen atoms in total. The second-order valence-corrected chi connectivity index (χ2v) is 5.37. The molecule has 0 radical (unpaired) electrons. The molecule has 0 bridgehead atoms. The summed E-state index contributed by atoms with van der Waals surface area (Å²) in [7, 11) is 0. The molecule has 2 rings (SSSR count). The molecule has 0 N–H and O–H groups in total. The van der Waals surface area contributed by atoms with Gasteiger partial charge in [-0.05, 0) is 47.6 Å². The van der Waals surface area contributed by atoms with Crippen LogP contribution in [0, 0.1) is 0 Å². The number of hydrogen-bond acceptors (Lipinski definition) is 2. The number of benzene rings is 2. The van der Waals surface area contributed by atoms with Gasteiger partial charge in [-0.25, -0.2) is 0 Å². The molecule has 1 atom stereocenters. The summed E-state index contributed by atoms with van der Waals surface area (Å²) in [6.07, 6.45) is -2.86. The lowest BCUT2D eigenvalue weighted by atomic mass is 10.2. The van der Waals surface area contributed by atoms with E-state index in [1.807, 2.05) is 0 Å². The van der Waals surface area contributed by atoms with Gasteiger partial charge < -0.3 is 9.29 Å². The number of hydrogen-bond donors (Lipinski definition) is 0. The Balaban J connectivity index is 2.23. The topological polar surface area (TPSA) is 32.3 Å². The van der Waals surface area contributed by atoms with Crippen molar-refractivity contribution >= 4 is 11.2 Å². The van der Waals surface area contributed by atoms with E-state index in [9.17, 15) is 17.7 Å². The lowest BCUT2D eigenvalue weighted by molar-refractivity contribution is -0.137. The van der Waals surface area contributed by atoms with Crippen LogP contribution in [0.25, 0.3) is 0 Å². The molecular formula is C14H11F3O2S. The Hall–Kier alpha value is -1.66. The van der Waals surface area contributed by atoms with Gasteiger partial charge in [-0.1, -0.05) is 12.1 Å². The highest BCUT2D eigenvalue weighted by Crippen LogP contribution is 2.32. The Kier molecular flexibility index (Phi) is 4.25. The lowest BCUT2D eigenvalue weighted by Crippen LogP contribution is -2.04. The first-order chi connectivity index (χ1) is 9.38. The summed E-state index contributed by atoms with van der Waals surface area (Å²) in [6, 6.07) is 11.0. The molecular weight excluding hydrogens is 289 g/mol. The third-order valence-electron chi connectivity index (χ3n) is 2.57. The second kappa shape index (κ2) is 5.76. The largest absolute Gasteiger partial charge is 0.612 e. The van der Waals surface area contributed by atoms with E-state index in [-0.39, 0.29) is 5.75 Å². The Morgan fingerprint density at radius 2 is 1.60 bits per heavy atom. The molecule has 6 heteroatoms. The van der Waals surface area contributed by atoms with Crippen LogP contribution in [0.4, 0.5) is 13.2 Å². The standard InChI is InChI=1S/C14H11F3O2S/c1-20(18)13-5-3-2-4-12(13)19-11-8-6-10(7-9-11)14(15,16)17/h2-9H,1H3. The van der Waals surface area contributed by atoms with E-state index in [2.05, 4.69) is 0 Å². The zero-order valence-electron chi connectivity index (χ0n) is 10.5. The Morgan fingerprint density at radius 3 is 2.15 bits per heavy atom. The molecule has 106 valence electrons. The van der Waals surface area contributed by atoms with Crippen molar-refractivity contribution in [2.45, 2.75) is 11.1 Å². The minimum atomic E-state index is -4.37. The van der Waals surface area contributed by atoms with Gasteiger partial charge in [-0.3, -0.25) is 0 Å². The molecule has 0 saturated carbocycles. The predicted octanol–water partition coefficient (Wildman–Crippen LogP) is 4.24. The van der Waals surface area contributed by atoms with Gasteiger partial charge in [-0.2, -0.15) is 13.2 Å². The molecule has 2 aromatic rings. The van der Waals surface area contributed by atoms with Crippen molar-refractivity contribution in [3.63, 3.8) is 0 Å². The quantitative estimate of drug-likeness (QED) is 0.794. The van der Waals surface area contributed by atoms with E-state index >= 15 is 0 Å². The van der Waals surface area contributed by atoms with Gasteiger partial charge >= 0.3 is 6.18 Å². The molecule has 20 heavy (non-hydrogen) atoms. The van der Waals surface area contributed by atoms with Gasteiger partial charge in [0.2, 0.25) is 0 Å². The number of para-hydroxylation sites is 1. The van der Waals surface area contributed by atoms with E-state index in [0.717, 1.165) is 12.1 Å². The maximum Gasteiger partial charge on any atom is 0.416 e. The van der Waals surface area contributed by atoms with E-state index < -0.39 is 22.9 Å². The van der Waals surface area contributed by atoms with Gasteiger partial charge in [0.05, 0.1) is 5.56 Å². The van der Waals surface area contributed by atoms with Crippen LogP contribution in [0.3, 0.4) is 0 Å². The summed E-state index contributed by atoms with van der Waals surface area (Å²) >= 11 is -1.24. The van der Waals surface area contributed by atoms with Crippen LogP contribution in [0.15, 0.2) is 53.4 Å². The Bertz CT molecular complexity index is 580. The van der Waals surface area contributed by atoms with E-state index in [1.54, 1.807) is 24.3 Å². The zero-order valence-corrected chi connectivity index (χ0v) is 11.3. The van der Waals surface area contributed by atoms with Crippen molar-refractivity contribution in [3.05, 3.63) is 54.1 Å². The summed E-state index contributed by atoms with van der Waals surface area (Å²) in [6.45, 7) is 0. The van der Waals surface area contributed by atoms with Gasteiger partial charge in [0, 0.05) is 0 Å². The minimum Gasteiger partial charge on any atom is -0.612 e. The fraction of sp³-hybridized carbons (Fsp3) is 0.143. The third-order valence-corrected chi connectivity index (χ3v) is 3.52. The summed E-state index contributed by atoms with van der Waals surface area (Å²) in [4.78, 5) is 0.493. The summed E-state index contributed by atoms with van der Waals surface area (Å²) in [5.41, 5.74) is -0.739. The molecule has 0 fully saturated rings. The van der Waals surface area contributed by atoms with Crippen molar-refractivity contribution in [2.24, 2.45) is 0 Å². The number of alkyl halides is 3. The van der Waals surface area contributed by atoms with Crippen LogP contribution in [0.5, 0.6) is 11.5 Å². The monoisotopic (exact) mass is 300 g/mol. The van der Waals surface area contributed by atoms with E-state index in [1.165, 1.54) is 18.4 Å². The molecule has 0 aliphatic heterocycles. The number of rotatable bonds is 3. The molecule has 0 spiro atoms. The number of halogens is 3. The fourth-order valence-electron chi connectivity index (χ4n) is 1.61. The van der Waals surface area contributed by atoms with Crippen molar-refractivity contribution in [1.29, 1.82) is 0 Å². The first-order valence-electron chi connectivity index (χ1n) is 5.65. The van der Waals surface area contributed by atoms with Crippen LogP contribution in [-0.2, 0) is 17.4 Å². The molecule has 0 heterocycles. The van der Waals surface area contributed by atoms with Crippen LogP contribution in [0.1, 0.15) is 5.56 Å². The van der Waals surface area contributed by atoms with Gasteiger partial charge in [0.25, 0.3) is 0 Å². The average molecular weight is 300 g/mol. The molecule has 0 saturated heterocycles. The zero-order chi connectivity index (χ0) is 14.8. The molecule has 0 aromatic heterocycles. The van der Waals surface area contributed by atoms with Gasteiger partial charge in [0.1, 0.15) is 12.0 Å². The Labute approximate surface area is 117 Å². The van der Waals surface area contributed by atoms with Crippen LogP contribution < -0.4 is 4.74 Å². The van der Waals surface area contributed by atoms with E-state index in [4.69, 9.17) is 4.74 Å². The van der Waals surface area contributed by atoms with Crippen molar-refractivity contribution in [2.75, 3.05) is 6.26 Å². The lowest BCUT2D eigenvalue weighted by Gasteiger charge is -2.12. The molecule has 0 aliphatic rings. The molecule has 0 amide bonds. The third kappa shape index (κ3) is 3.46. The van der Waals surface area contributed by atoms with Crippen LogP contribution in [0.2, 0.25) is 0 Å². The van der Waals surface area contributed by atoms with Crippen LogP contribution >= 0.6 is 0 Å². The molecule has 0 aliphatic carbocycles. The highest BCUT2D eigenvalue weighted by molar-refractivity contribution is 7.90. The minimum absolute atomic E-state index is 0.260. The summed E-state index contributed by atoms with van der Waals surface area (Å²) in [5.74, 6) is 0.629. The second-order valence-electron chi connectivity index (χ2n) is 4.03. The maximum absolute atomic E-state index is 12.4. The highest BCUT2D eigenvalue weighted by Gasteiger charge is 2.30. The maximum atomic E-state index is 12.4. The highest BCUT2D eigenvalue weighted by atomic mass is 32.2. The normalized spacial score (nSPS) is 13.1. The Morgan fingerprint density at radius 1 is 1.00 bits per heavy atom. The molecule has 1 unspecified atom stereocenters. The van der Waals surface area contributed by atoms with Gasteiger partial charge in [-0.15, -0.1) is 0 Å². The first-order valence-corrected chi connectivity index (χ1v) is 7.21. The van der Waals surface area contributed by atoms with E-state index in [0.29, 0.717) is 10.6 Å². The summed E-state index contributed by atoms with van der Waals surface area (Å²) in [5, 5.41) is 0. The van der Waals surface area contributed by atoms with Gasteiger partial charge in [0.15, 0.2) is 10.6 Å². The van der Waals surface area contributed by atoms with Crippen LogP contribution in [-0.4, -0.2) is 10.8 Å². The van der Waals surface area contributed by atoms with Crippen molar-refractivity contribution in [3.8, 4) is 11.5 Å². The number of ether oxygens (including phenoxy) is 1. The van der Waals surface area contributed by atoms with Crippen molar-refractivity contribution < 1.29 is 22.5 Å². The first kappa shape index (κ1) is 14.7. The average Bonchev–Trinajstić information content (AvgIpc) is 2.38. The van der Waals surface area contributed by atoms with Crippen molar-refractivity contribution in [1.82, 2.24) is 0 Å². The SMILES string of the molecule is C[S+]([O-])c1ccccc1Oc1ccc(C(F)(F)F)cc1. The fourth-order valence-corrected chi connectivity index (χ4v) is 2.27. The molecule has 2 aromatic carbocycles. The predicted molar refractivity (Wildman–Crippen MR) is 70.3 cm³/mol. The smallest absolute Gasteiger partial charge is 0.416 e.